The zero-order chi connectivity index (χ0) is 15.0. The number of hydrazone groups is 1. The summed E-state index contributed by atoms with van der Waals surface area (Å²) >= 11 is 11.9. The molecule has 1 N–H and O–H groups in total. The SMILES string of the molecule is O=C(c1ccccc1Cl)N1N=Cc2cc(Cl)ccc2B1O. The number of hydrogen-bond acceptors (Lipinski definition) is 3. The summed E-state index contributed by atoms with van der Waals surface area (Å²) in [6.45, 7) is 0. The zero-order valence-corrected chi connectivity index (χ0v) is 12.2. The minimum Gasteiger partial charge on any atom is -0.427 e. The molecule has 4 nitrogen and oxygen atoms in total. The lowest BCUT2D eigenvalue weighted by molar-refractivity contribution is 0.0846. The van der Waals surface area contributed by atoms with Crippen LogP contribution in [0.1, 0.15) is 15.9 Å². The van der Waals surface area contributed by atoms with Crippen molar-refractivity contribution in [1.82, 2.24) is 4.92 Å². The summed E-state index contributed by atoms with van der Waals surface area (Å²) in [6, 6.07) is 11.6. The lowest BCUT2D eigenvalue weighted by atomic mass is 9.69. The molecule has 3 rings (SSSR count). The van der Waals surface area contributed by atoms with E-state index in [1.807, 2.05) is 0 Å². The minimum absolute atomic E-state index is 0.285. The Balaban J connectivity index is 1.98. The van der Waals surface area contributed by atoms with E-state index in [4.69, 9.17) is 23.2 Å². The van der Waals surface area contributed by atoms with Crippen molar-refractivity contribution in [1.29, 1.82) is 0 Å². The maximum absolute atomic E-state index is 12.4. The molecule has 0 unspecified atom stereocenters. The summed E-state index contributed by atoms with van der Waals surface area (Å²) in [5.74, 6) is -0.468. The highest BCUT2D eigenvalue weighted by molar-refractivity contribution is 6.68. The average molecular weight is 319 g/mol. The van der Waals surface area contributed by atoms with Crippen LogP contribution in [0.25, 0.3) is 0 Å². The highest BCUT2D eigenvalue weighted by Crippen LogP contribution is 2.19. The van der Waals surface area contributed by atoms with E-state index in [1.54, 1.807) is 42.5 Å². The van der Waals surface area contributed by atoms with Crippen LogP contribution >= 0.6 is 23.2 Å². The summed E-state index contributed by atoms with van der Waals surface area (Å²) in [4.78, 5) is 13.4. The van der Waals surface area contributed by atoms with Crippen LogP contribution in [0.4, 0.5) is 0 Å². The fourth-order valence-electron chi connectivity index (χ4n) is 2.13. The standard InChI is InChI=1S/C14H9BCl2N2O2/c16-10-5-6-12-9(7-10)8-18-19(15(12)21)14(20)11-3-1-2-4-13(11)17/h1-8,21H. The van der Waals surface area contributed by atoms with Gasteiger partial charge in [0.05, 0.1) is 16.8 Å². The van der Waals surface area contributed by atoms with Crippen LogP contribution in [0, 0.1) is 0 Å². The summed E-state index contributed by atoms with van der Waals surface area (Å²) in [7, 11) is -1.17. The van der Waals surface area contributed by atoms with Gasteiger partial charge < -0.3 is 5.02 Å². The number of fused-ring (bicyclic) bond motifs is 1. The van der Waals surface area contributed by atoms with Crippen LogP contribution in [0.15, 0.2) is 47.6 Å². The van der Waals surface area contributed by atoms with Crippen molar-refractivity contribution in [3.05, 3.63) is 63.6 Å². The molecule has 1 amide bonds. The van der Waals surface area contributed by atoms with Crippen LogP contribution in [-0.4, -0.2) is 29.1 Å². The Morgan fingerprint density at radius 1 is 1.19 bits per heavy atom. The second-order valence-corrected chi connectivity index (χ2v) is 5.36. The van der Waals surface area contributed by atoms with Gasteiger partial charge >= 0.3 is 7.05 Å². The van der Waals surface area contributed by atoms with Gasteiger partial charge in [0.2, 0.25) is 0 Å². The van der Waals surface area contributed by atoms with E-state index in [0.29, 0.717) is 21.1 Å². The highest BCUT2D eigenvalue weighted by atomic mass is 35.5. The molecule has 0 aliphatic carbocycles. The molecular formula is C14H9BCl2N2O2. The Labute approximate surface area is 131 Å². The third kappa shape index (κ3) is 2.55. The molecule has 1 aliphatic rings. The van der Waals surface area contributed by atoms with E-state index in [-0.39, 0.29) is 5.56 Å². The fraction of sp³-hybridized carbons (Fsp3) is 0. The third-order valence-electron chi connectivity index (χ3n) is 3.19. The number of nitrogens with zero attached hydrogens (tertiary/aromatic N) is 2. The summed E-state index contributed by atoms with van der Waals surface area (Å²) in [5, 5.41) is 15.2. The smallest absolute Gasteiger partial charge is 0.427 e. The number of benzene rings is 2. The molecule has 0 saturated heterocycles. The first-order valence-corrected chi connectivity index (χ1v) is 6.93. The number of hydrogen-bond donors (Lipinski definition) is 1. The minimum atomic E-state index is -1.17. The normalized spacial score (nSPS) is 13.3. The average Bonchev–Trinajstić information content (AvgIpc) is 2.47. The van der Waals surface area contributed by atoms with Crippen LogP contribution in [0.5, 0.6) is 0 Å². The third-order valence-corrected chi connectivity index (χ3v) is 3.76. The van der Waals surface area contributed by atoms with Gasteiger partial charge in [0.15, 0.2) is 0 Å². The van der Waals surface area contributed by atoms with Crippen molar-refractivity contribution in [3.63, 3.8) is 0 Å². The van der Waals surface area contributed by atoms with E-state index >= 15 is 0 Å². The molecule has 0 bridgehead atoms. The molecule has 2 aromatic rings. The fourth-order valence-corrected chi connectivity index (χ4v) is 2.53. The van der Waals surface area contributed by atoms with Crippen molar-refractivity contribution in [2.24, 2.45) is 5.10 Å². The van der Waals surface area contributed by atoms with E-state index in [9.17, 15) is 9.82 Å². The predicted molar refractivity (Wildman–Crippen MR) is 84.3 cm³/mol. The van der Waals surface area contributed by atoms with Gasteiger partial charge in [0.1, 0.15) is 0 Å². The van der Waals surface area contributed by atoms with E-state index in [0.717, 1.165) is 4.92 Å². The van der Waals surface area contributed by atoms with Crippen molar-refractivity contribution in [3.8, 4) is 0 Å². The van der Waals surface area contributed by atoms with Gasteiger partial charge in [-0.05, 0) is 35.3 Å². The molecule has 1 aliphatic heterocycles. The van der Waals surface area contributed by atoms with Crippen molar-refractivity contribution >= 4 is 47.8 Å². The first kappa shape index (κ1) is 14.1. The summed E-state index contributed by atoms with van der Waals surface area (Å²) in [5.41, 5.74) is 1.53. The number of halogens is 2. The van der Waals surface area contributed by atoms with Crippen molar-refractivity contribution < 1.29 is 9.82 Å². The van der Waals surface area contributed by atoms with Crippen molar-refractivity contribution in [2.45, 2.75) is 0 Å². The Morgan fingerprint density at radius 2 is 1.95 bits per heavy atom. The Kier molecular flexibility index (Phi) is 3.72. The molecule has 0 saturated carbocycles. The maximum Gasteiger partial charge on any atom is 0.474 e. The summed E-state index contributed by atoms with van der Waals surface area (Å²) < 4.78 is 0. The molecule has 2 aromatic carbocycles. The van der Waals surface area contributed by atoms with Gasteiger partial charge in [-0.1, -0.05) is 41.4 Å². The van der Waals surface area contributed by atoms with E-state index in [1.165, 1.54) is 6.21 Å². The van der Waals surface area contributed by atoms with E-state index in [2.05, 4.69) is 5.10 Å². The molecule has 0 spiro atoms. The molecule has 0 aromatic heterocycles. The lowest BCUT2D eigenvalue weighted by Gasteiger charge is -2.25. The van der Waals surface area contributed by atoms with Crippen molar-refractivity contribution in [2.75, 3.05) is 0 Å². The van der Waals surface area contributed by atoms with Gasteiger partial charge in [-0.3, -0.25) is 4.79 Å². The van der Waals surface area contributed by atoms with Gasteiger partial charge in [0.25, 0.3) is 5.91 Å². The van der Waals surface area contributed by atoms with Gasteiger partial charge in [-0.25, -0.2) is 4.92 Å². The quantitative estimate of drug-likeness (QED) is 0.819. The second-order valence-electron chi connectivity index (χ2n) is 4.52. The number of carbonyl (C=O) groups excluding carboxylic acids is 1. The van der Waals surface area contributed by atoms with Gasteiger partial charge in [-0.2, -0.15) is 5.10 Å². The number of rotatable bonds is 1. The molecule has 7 heteroatoms. The zero-order valence-electron chi connectivity index (χ0n) is 10.7. The highest BCUT2D eigenvalue weighted by Gasteiger charge is 2.34. The lowest BCUT2D eigenvalue weighted by Crippen LogP contribution is -2.52. The Morgan fingerprint density at radius 3 is 2.71 bits per heavy atom. The first-order chi connectivity index (χ1) is 10.1. The molecule has 0 fully saturated rings. The molecular weight excluding hydrogens is 310 g/mol. The molecule has 1 heterocycles. The topological polar surface area (TPSA) is 52.9 Å². The van der Waals surface area contributed by atoms with Gasteiger partial charge in [0, 0.05) is 5.02 Å². The van der Waals surface area contributed by atoms with Crippen LogP contribution in [0.3, 0.4) is 0 Å². The van der Waals surface area contributed by atoms with Crippen LogP contribution in [0.2, 0.25) is 10.0 Å². The van der Waals surface area contributed by atoms with E-state index < -0.39 is 13.0 Å². The van der Waals surface area contributed by atoms with Crippen LogP contribution in [-0.2, 0) is 0 Å². The second kappa shape index (κ2) is 5.52. The number of carbonyl (C=O) groups is 1. The molecule has 0 atom stereocenters. The number of amides is 1. The Hall–Kier alpha value is -1.82. The monoisotopic (exact) mass is 318 g/mol. The predicted octanol–water partition coefficient (Wildman–Crippen LogP) is 2.17. The molecule has 104 valence electrons. The molecule has 21 heavy (non-hydrogen) atoms. The van der Waals surface area contributed by atoms with Gasteiger partial charge in [-0.15, -0.1) is 0 Å². The van der Waals surface area contributed by atoms with Crippen LogP contribution < -0.4 is 5.46 Å². The molecule has 0 radical (unpaired) electrons. The first-order valence-electron chi connectivity index (χ1n) is 6.17. The largest absolute Gasteiger partial charge is 0.474 e. The Bertz CT molecular complexity index is 752. The summed E-state index contributed by atoms with van der Waals surface area (Å²) in [6.07, 6.45) is 1.49. The maximum atomic E-state index is 12.4.